The molecule has 7 nitrogen and oxygen atoms in total. The Morgan fingerprint density at radius 1 is 1.38 bits per heavy atom. The minimum absolute atomic E-state index is 0.0637. The molecule has 2 rings (SSSR count). The molecule has 1 aromatic heterocycles. The van der Waals surface area contributed by atoms with Gasteiger partial charge in [-0.3, -0.25) is 4.72 Å². The Kier molecular flexibility index (Phi) is 5.92. The van der Waals surface area contributed by atoms with Gasteiger partial charge in [-0.1, -0.05) is 23.7 Å². The van der Waals surface area contributed by atoms with Crippen LogP contribution in [0.1, 0.15) is 17.1 Å². The maximum absolute atomic E-state index is 12.6. The van der Waals surface area contributed by atoms with E-state index in [2.05, 4.69) is 14.7 Å². The highest BCUT2D eigenvalue weighted by molar-refractivity contribution is 7.92. The van der Waals surface area contributed by atoms with Gasteiger partial charge in [-0.2, -0.15) is 4.98 Å². The number of para-hydroxylation sites is 1. The predicted octanol–water partition coefficient (Wildman–Crippen LogP) is 1.89. The lowest BCUT2D eigenvalue weighted by Crippen LogP contribution is -2.16. The summed E-state index contributed by atoms with van der Waals surface area (Å²) in [6.07, 6.45) is 0.106. The van der Waals surface area contributed by atoms with E-state index in [-0.39, 0.29) is 29.6 Å². The third kappa shape index (κ3) is 4.53. The second kappa shape index (κ2) is 7.73. The van der Waals surface area contributed by atoms with Gasteiger partial charge in [-0.25, -0.2) is 17.8 Å². The molecule has 0 aliphatic heterocycles. The molecule has 2 aromatic rings. The summed E-state index contributed by atoms with van der Waals surface area (Å²) < 4.78 is 42.7. The van der Waals surface area contributed by atoms with E-state index < -0.39 is 16.0 Å². The second-order valence-corrected chi connectivity index (χ2v) is 6.81. The maximum atomic E-state index is 12.6. The number of rotatable bonds is 7. The number of aliphatic hydroxyl groups excluding tert-OH is 1. The number of sulfonamides is 1. The molecule has 130 valence electrons. The quantitative estimate of drug-likeness (QED) is 0.766. The topological polar surface area (TPSA) is 101 Å². The predicted molar refractivity (Wildman–Crippen MR) is 87.3 cm³/mol. The third-order valence-corrected chi connectivity index (χ3v) is 4.14. The zero-order chi connectivity index (χ0) is 17.7. The van der Waals surface area contributed by atoms with Crippen molar-refractivity contribution < 1.29 is 22.7 Å². The fourth-order valence-corrected chi connectivity index (χ4v) is 2.88. The third-order valence-electron chi connectivity index (χ3n) is 3.02. The molecule has 10 heteroatoms. The molecular formula is C14H15ClFN3O4S. The number of ether oxygens (including phenoxy) is 1. The molecule has 0 fully saturated rings. The Hall–Kier alpha value is -1.97. The van der Waals surface area contributed by atoms with E-state index in [9.17, 15) is 17.9 Å². The van der Waals surface area contributed by atoms with Crippen LogP contribution in [0.5, 0.6) is 5.88 Å². The molecule has 0 aliphatic carbocycles. The highest BCUT2D eigenvalue weighted by Gasteiger charge is 2.16. The number of alkyl halides is 1. The van der Waals surface area contributed by atoms with Crippen LogP contribution >= 0.6 is 11.6 Å². The summed E-state index contributed by atoms with van der Waals surface area (Å²) in [5, 5.41) is 9.35. The summed E-state index contributed by atoms with van der Waals surface area (Å²) in [5.41, 5.74) is 0.871. The molecule has 0 aliphatic rings. The molecule has 0 saturated carbocycles. The number of halogens is 2. The molecule has 24 heavy (non-hydrogen) atoms. The first kappa shape index (κ1) is 18.4. The molecule has 0 atom stereocenters. The van der Waals surface area contributed by atoms with Crippen LogP contribution < -0.4 is 9.46 Å². The Morgan fingerprint density at radius 2 is 2.12 bits per heavy atom. The van der Waals surface area contributed by atoms with Crippen molar-refractivity contribution in [2.75, 3.05) is 17.8 Å². The van der Waals surface area contributed by atoms with Gasteiger partial charge < -0.3 is 9.84 Å². The van der Waals surface area contributed by atoms with Gasteiger partial charge in [0.15, 0.2) is 0 Å². The second-order valence-electron chi connectivity index (χ2n) is 4.75. The van der Waals surface area contributed by atoms with Crippen LogP contribution in [0, 0.1) is 0 Å². The number of benzene rings is 1. The Balaban J connectivity index is 2.42. The summed E-state index contributed by atoms with van der Waals surface area (Å²) in [6, 6.07) is 4.63. The standard InChI is InChI=1S/C14H15ClFN3O4S/c1-23-13-6-10(7-20)17-12(18-13)5-9-3-2-4-11(15)14(9)19-24(21,22)8-16/h2-4,6,19-20H,5,7-8H2,1H3. The zero-order valence-corrected chi connectivity index (χ0v) is 14.2. The molecule has 0 amide bonds. The summed E-state index contributed by atoms with van der Waals surface area (Å²) in [7, 11) is -2.72. The minimum atomic E-state index is -4.14. The van der Waals surface area contributed by atoms with Crippen LogP contribution in [0.15, 0.2) is 24.3 Å². The van der Waals surface area contributed by atoms with Crippen LogP contribution in [-0.4, -0.2) is 36.6 Å². The van der Waals surface area contributed by atoms with E-state index in [0.29, 0.717) is 17.1 Å². The van der Waals surface area contributed by atoms with Gasteiger partial charge in [0.1, 0.15) is 5.82 Å². The number of aromatic nitrogens is 2. The van der Waals surface area contributed by atoms with Crippen LogP contribution in [-0.2, 0) is 23.1 Å². The molecule has 1 aromatic carbocycles. The van der Waals surface area contributed by atoms with E-state index in [0.717, 1.165) is 0 Å². The molecule has 1 heterocycles. The van der Waals surface area contributed by atoms with Gasteiger partial charge >= 0.3 is 0 Å². The Labute approximate surface area is 143 Å². The first-order valence-corrected chi connectivity index (χ1v) is 8.77. The number of aliphatic hydroxyl groups is 1. The number of nitrogens with one attached hydrogen (secondary N) is 1. The van der Waals surface area contributed by atoms with E-state index in [1.807, 2.05) is 0 Å². The van der Waals surface area contributed by atoms with E-state index in [4.69, 9.17) is 16.3 Å². The van der Waals surface area contributed by atoms with Crippen molar-refractivity contribution in [2.45, 2.75) is 13.0 Å². The smallest absolute Gasteiger partial charge is 0.262 e. The van der Waals surface area contributed by atoms with Gasteiger partial charge in [0.25, 0.3) is 10.0 Å². The Morgan fingerprint density at radius 3 is 2.75 bits per heavy atom. The van der Waals surface area contributed by atoms with E-state index in [1.54, 1.807) is 12.1 Å². The number of nitrogens with zero attached hydrogens (tertiary/aromatic N) is 2. The average Bonchev–Trinajstić information content (AvgIpc) is 2.57. The first-order valence-electron chi connectivity index (χ1n) is 6.74. The molecule has 0 unspecified atom stereocenters. The molecule has 2 N–H and O–H groups in total. The van der Waals surface area contributed by atoms with Crippen molar-refractivity contribution >= 4 is 27.3 Å². The Bertz CT molecular complexity index is 811. The van der Waals surface area contributed by atoms with Crippen LogP contribution in [0.4, 0.5) is 10.1 Å². The molecule has 0 bridgehead atoms. The molecule has 0 spiro atoms. The summed E-state index contributed by atoms with van der Waals surface area (Å²) >= 11 is 6.02. The highest BCUT2D eigenvalue weighted by Crippen LogP contribution is 2.28. The number of anilines is 1. The number of methoxy groups -OCH3 is 1. The van der Waals surface area contributed by atoms with Gasteiger partial charge in [0, 0.05) is 12.5 Å². The van der Waals surface area contributed by atoms with Crippen LogP contribution in [0.3, 0.4) is 0 Å². The molecule has 0 radical (unpaired) electrons. The van der Waals surface area contributed by atoms with Crippen molar-refractivity contribution in [2.24, 2.45) is 0 Å². The van der Waals surface area contributed by atoms with Crippen molar-refractivity contribution in [1.82, 2.24) is 9.97 Å². The van der Waals surface area contributed by atoms with Crippen LogP contribution in [0.25, 0.3) is 0 Å². The lowest BCUT2D eigenvalue weighted by molar-refractivity contribution is 0.274. The average molecular weight is 376 g/mol. The fraction of sp³-hybridized carbons (Fsp3) is 0.286. The first-order chi connectivity index (χ1) is 11.4. The molecule has 0 saturated heterocycles. The summed E-state index contributed by atoms with van der Waals surface area (Å²) in [4.78, 5) is 8.29. The van der Waals surface area contributed by atoms with Crippen molar-refractivity contribution in [3.63, 3.8) is 0 Å². The highest BCUT2D eigenvalue weighted by atomic mass is 35.5. The van der Waals surface area contributed by atoms with Gasteiger partial charge in [0.2, 0.25) is 11.9 Å². The fourth-order valence-electron chi connectivity index (χ4n) is 1.97. The molecular weight excluding hydrogens is 361 g/mol. The van der Waals surface area contributed by atoms with Crippen molar-refractivity contribution in [1.29, 1.82) is 0 Å². The van der Waals surface area contributed by atoms with E-state index in [1.165, 1.54) is 19.2 Å². The normalized spacial score (nSPS) is 11.3. The summed E-state index contributed by atoms with van der Waals surface area (Å²) in [5.74, 6) is 0.554. The van der Waals surface area contributed by atoms with Gasteiger partial charge in [0.05, 0.1) is 30.1 Å². The van der Waals surface area contributed by atoms with Gasteiger partial charge in [-0.05, 0) is 11.6 Å². The van der Waals surface area contributed by atoms with Gasteiger partial charge in [-0.15, -0.1) is 0 Å². The number of hydrogen-bond donors (Lipinski definition) is 2. The summed E-state index contributed by atoms with van der Waals surface area (Å²) in [6.45, 7) is -0.303. The zero-order valence-electron chi connectivity index (χ0n) is 12.7. The lowest BCUT2D eigenvalue weighted by atomic mass is 10.1. The lowest BCUT2D eigenvalue weighted by Gasteiger charge is -2.13. The monoisotopic (exact) mass is 375 g/mol. The van der Waals surface area contributed by atoms with Crippen LogP contribution in [0.2, 0.25) is 5.02 Å². The number of hydrogen-bond acceptors (Lipinski definition) is 6. The minimum Gasteiger partial charge on any atom is -0.481 e. The van der Waals surface area contributed by atoms with Crippen molar-refractivity contribution in [3.05, 3.63) is 46.4 Å². The SMILES string of the molecule is COc1cc(CO)nc(Cc2cccc(Cl)c2NS(=O)(=O)CF)n1. The van der Waals surface area contributed by atoms with E-state index >= 15 is 0 Å². The maximum Gasteiger partial charge on any atom is 0.262 e. The largest absolute Gasteiger partial charge is 0.481 e. The van der Waals surface area contributed by atoms with Crippen molar-refractivity contribution in [3.8, 4) is 5.88 Å².